The van der Waals surface area contributed by atoms with Gasteiger partial charge < -0.3 is 15.2 Å². The summed E-state index contributed by atoms with van der Waals surface area (Å²) in [6.45, 7) is -0.0385. The summed E-state index contributed by atoms with van der Waals surface area (Å²) in [6, 6.07) is 17.8. The molecule has 0 fully saturated rings. The Morgan fingerprint density at radius 3 is 2.85 bits per heavy atom. The van der Waals surface area contributed by atoms with E-state index >= 15 is 0 Å². The molecule has 0 saturated heterocycles. The second-order valence-corrected chi connectivity index (χ2v) is 8.64. The number of aromatic amines is 1. The lowest BCUT2D eigenvalue weighted by Crippen LogP contribution is -2.21. The Morgan fingerprint density at radius 2 is 2.09 bits per heavy atom. The fourth-order valence-electron chi connectivity index (χ4n) is 3.80. The number of nitrogens with zero attached hydrogens (tertiary/aromatic N) is 2. The number of hydrogen-bond donors (Lipinski definition) is 2. The number of halogens is 2. The van der Waals surface area contributed by atoms with Crippen molar-refractivity contribution in [3.63, 3.8) is 0 Å². The number of benzene rings is 2. The number of nitrogens with one attached hydrogen (secondary N) is 1. The summed E-state index contributed by atoms with van der Waals surface area (Å²) < 4.78 is 25.6. The summed E-state index contributed by atoms with van der Waals surface area (Å²) in [6.07, 6.45) is 0. The first-order valence-electron chi connectivity index (χ1n) is 9.92. The van der Waals surface area contributed by atoms with Gasteiger partial charge in [-0.05, 0) is 41.3 Å². The lowest BCUT2D eigenvalue weighted by molar-refractivity contribution is 0.299. The number of rotatable bonds is 5. The predicted molar refractivity (Wildman–Crippen MR) is 123 cm³/mol. The number of allylic oxidation sites excluding steroid dienone is 1. The van der Waals surface area contributed by atoms with E-state index in [9.17, 15) is 9.65 Å². The van der Waals surface area contributed by atoms with Crippen molar-refractivity contribution in [3.8, 4) is 28.3 Å². The summed E-state index contributed by atoms with van der Waals surface area (Å²) >= 11 is 7.66. The van der Waals surface area contributed by atoms with E-state index in [1.807, 2.05) is 23.6 Å². The molecule has 0 bridgehead atoms. The molecule has 4 aromatic rings. The molecule has 3 heterocycles. The average molecular weight is 479 g/mol. The van der Waals surface area contributed by atoms with Crippen LogP contribution in [0.1, 0.15) is 22.6 Å². The fourth-order valence-corrected chi connectivity index (χ4v) is 4.75. The molecule has 2 aromatic carbocycles. The average Bonchev–Trinajstić information content (AvgIpc) is 3.48. The van der Waals surface area contributed by atoms with Gasteiger partial charge in [-0.3, -0.25) is 5.10 Å². The van der Waals surface area contributed by atoms with Crippen molar-refractivity contribution < 1.29 is 13.9 Å². The summed E-state index contributed by atoms with van der Waals surface area (Å²) in [7, 11) is 0. The molecule has 1 atom stereocenters. The second-order valence-electron chi connectivity index (χ2n) is 7.28. The van der Waals surface area contributed by atoms with Crippen molar-refractivity contribution in [2.24, 2.45) is 5.73 Å². The molecule has 0 spiro atoms. The summed E-state index contributed by atoms with van der Waals surface area (Å²) in [4.78, 5) is 0.955. The standard InChI is InChI=1S/C24H16ClFN4O2S/c25-17-6-2-7-18(26)16(17)12-31-14-5-1-4-13(10-14)20-15(11-27)23(28)32-24-21(20)22(29-30-24)19-8-3-9-33-19/h1-10,20H,12,28H2,(H,29,30)/t20-/m1/s1. The van der Waals surface area contributed by atoms with Crippen LogP contribution in [0.2, 0.25) is 5.02 Å². The maximum atomic E-state index is 14.1. The molecule has 1 aliphatic heterocycles. The third kappa shape index (κ3) is 3.82. The van der Waals surface area contributed by atoms with E-state index < -0.39 is 11.7 Å². The fraction of sp³-hybridized carbons (Fsp3) is 0.0833. The first-order chi connectivity index (χ1) is 16.1. The largest absolute Gasteiger partial charge is 0.489 e. The molecule has 164 valence electrons. The van der Waals surface area contributed by atoms with Crippen LogP contribution in [0.4, 0.5) is 4.39 Å². The third-order valence-electron chi connectivity index (χ3n) is 5.34. The van der Waals surface area contributed by atoms with E-state index in [1.54, 1.807) is 41.7 Å². The van der Waals surface area contributed by atoms with Crippen molar-refractivity contribution in [1.29, 1.82) is 5.26 Å². The van der Waals surface area contributed by atoms with E-state index in [2.05, 4.69) is 16.3 Å². The molecule has 0 aliphatic carbocycles. The SMILES string of the molecule is N#CC1=C(N)Oc2n[nH]c(-c3cccs3)c2[C@@H]1c1cccc(OCc2c(F)cccc2Cl)c1. The highest BCUT2D eigenvalue weighted by Crippen LogP contribution is 2.46. The Morgan fingerprint density at radius 1 is 1.24 bits per heavy atom. The highest BCUT2D eigenvalue weighted by molar-refractivity contribution is 7.13. The van der Waals surface area contributed by atoms with Gasteiger partial charge in [-0.1, -0.05) is 35.9 Å². The summed E-state index contributed by atoms with van der Waals surface area (Å²) in [5, 5.41) is 19.4. The molecule has 1 aliphatic rings. The topological polar surface area (TPSA) is 97.0 Å². The predicted octanol–water partition coefficient (Wildman–Crippen LogP) is 5.73. The zero-order valence-corrected chi connectivity index (χ0v) is 18.6. The molecular weight excluding hydrogens is 463 g/mol. The summed E-state index contributed by atoms with van der Waals surface area (Å²) in [5.41, 5.74) is 8.85. The van der Waals surface area contributed by atoms with Crippen LogP contribution >= 0.6 is 22.9 Å². The van der Waals surface area contributed by atoms with Crippen molar-refractivity contribution in [2.75, 3.05) is 0 Å². The molecule has 0 radical (unpaired) electrons. The maximum absolute atomic E-state index is 14.1. The molecule has 0 unspecified atom stereocenters. The summed E-state index contributed by atoms with van der Waals surface area (Å²) in [5.74, 6) is -0.130. The molecule has 6 nitrogen and oxygen atoms in total. The van der Waals surface area contributed by atoms with Crippen LogP contribution in [0.5, 0.6) is 11.6 Å². The van der Waals surface area contributed by atoms with Gasteiger partial charge in [0.2, 0.25) is 11.8 Å². The highest BCUT2D eigenvalue weighted by Gasteiger charge is 2.36. The van der Waals surface area contributed by atoms with Crippen LogP contribution in [0.25, 0.3) is 10.6 Å². The Kier molecular flexibility index (Phi) is 5.50. The van der Waals surface area contributed by atoms with Crippen molar-refractivity contribution in [2.45, 2.75) is 12.5 Å². The molecule has 5 rings (SSSR count). The van der Waals surface area contributed by atoms with Crippen molar-refractivity contribution in [1.82, 2.24) is 10.2 Å². The number of aromatic nitrogens is 2. The molecule has 2 aromatic heterocycles. The number of ether oxygens (including phenoxy) is 2. The van der Waals surface area contributed by atoms with Crippen LogP contribution in [-0.2, 0) is 6.61 Å². The zero-order valence-electron chi connectivity index (χ0n) is 17.0. The number of hydrogen-bond acceptors (Lipinski definition) is 6. The molecule has 9 heteroatoms. The Hall–Kier alpha value is -3.80. The van der Waals surface area contributed by atoms with Gasteiger partial charge in [0.05, 0.1) is 27.1 Å². The van der Waals surface area contributed by atoms with E-state index in [1.165, 1.54) is 6.07 Å². The third-order valence-corrected chi connectivity index (χ3v) is 6.58. The lowest BCUT2D eigenvalue weighted by atomic mass is 9.83. The van der Waals surface area contributed by atoms with E-state index in [0.717, 1.165) is 21.7 Å². The normalized spacial score (nSPS) is 15.0. The van der Waals surface area contributed by atoms with E-state index in [0.29, 0.717) is 16.7 Å². The maximum Gasteiger partial charge on any atom is 0.244 e. The van der Waals surface area contributed by atoms with Crippen LogP contribution in [-0.4, -0.2) is 10.2 Å². The second kappa shape index (κ2) is 8.62. The van der Waals surface area contributed by atoms with Crippen LogP contribution in [0, 0.1) is 17.1 Å². The minimum atomic E-state index is -0.518. The molecule has 3 N–H and O–H groups in total. The Balaban J connectivity index is 1.54. The van der Waals surface area contributed by atoms with Crippen LogP contribution in [0.3, 0.4) is 0 Å². The van der Waals surface area contributed by atoms with E-state index in [4.69, 9.17) is 26.8 Å². The Bertz CT molecular complexity index is 1390. The van der Waals surface area contributed by atoms with Gasteiger partial charge >= 0.3 is 0 Å². The minimum Gasteiger partial charge on any atom is -0.489 e. The van der Waals surface area contributed by atoms with Crippen molar-refractivity contribution in [3.05, 3.63) is 99.0 Å². The molecule has 0 saturated carbocycles. The molecule has 33 heavy (non-hydrogen) atoms. The molecule has 0 amide bonds. The Labute approximate surface area is 197 Å². The lowest BCUT2D eigenvalue weighted by Gasteiger charge is -2.24. The highest BCUT2D eigenvalue weighted by atomic mass is 35.5. The first kappa shape index (κ1) is 21.1. The number of nitrogens with two attached hydrogens (primary N) is 1. The van der Waals surface area contributed by atoms with Gasteiger partial charge in [0.25, 0.3) is 0 Å². The van der Waals surface area contributed by atoms with Gasteiger partial charge in [0.1, 0.15) is 29.8 Å². The smallest absolute Gasteiger partial charge is 0.244 e. The van der Waals surface area contributed by atoms with Gasteiger partial charge in [-0.25, -0.2) is 4.39 Å². The van der Waals surface area contributed by atoms with E-state index in [-0.39, 0.29) is 23.6 Å². The van der Waals surface area contributed by atoms with Crippen molar-refractivity contribution >= 4 is 22.9 Å². The van der Waals surface area contributed by atoms with Crippen LogP contribution < -0.4 is 15.2 Å². The van der Waals surface area contributed by atoms with Gasteiger partial charge in [0, 0.05) is 5.56 Å². The van der Waals surface area contributed by atoms with Gasteiger partial charge in [-0.2, -0.15) is 5.26 Å². The number of nitriles is 1. The molecular formula is C24H16ClFN4O2S. The monoisotopic (exact) mass is 478 g/mol. The van der Waals surface area contributed by atoms with Gasteiger partial charge in [-0.15, -0.1) is 16.4 Å². The quantitative estimate of drug-likeness (QED) is 0.382. The number of thiophene rings is 1. The van der Waals surface area contributed by atoms with Gasteiger partial charge in [0.15, 0.2) is 0 Å². The zero-order chi connectivity index (χ0) is 22.9. The first-order valence-corrected chi connectivity index (χ1v) is 11.2. The minimum absolute atomic E-state index is 0.00342. The van der Waals surface area contributed by atoms with Crippen LogP contribution in [0.15, 0.2) is 71.4 Å². The number of fused-ring (bicyclic) bond motifs is 1. The number of H-pyrrole nitrogens is 1.